The first-order valence-electron chi connectivity index (χ1n) is 6.42. The molecule has 0 atom stereocenters. The van der Waals surface area contributed by atoms with E-state index in [2.05, 4.69) is 31.1 Å². The minimum absolute atomic E-state index is 0.293. The molecule has 2 aromatic rings. The van der Waals surface area contributed by atoms with Crippen molar-refractivity contribution in [2.45, 2.75) is 32.1 Å². The quantitative estimate of drug-likeness (QED) is 0.695. The van der Waals surface area contributed by atoms with E-state index in [0.717, 1.165) is 28.4 Å². The summed E-state index contributed by atoms with van der Waals surface area (Å²) in [6, 6.07) is 0. The third-order valence-corrected chi connectivity index (χ3v) is 4.19. The molecule has 5 nitrogen and oxygen atoms in total. The van der Waals surface area contributed by atoms with Gasteiger partial charge in [0.2, 0.25) is 0 Å². The summed E-state index contributed by atoms with van der Waals surface area (Å²) in [4.78, 5) is 16.7. The minimum atomic E-state index is -0.293. The number of esters is 1. The van der Waals surface area contributed by atoms with E-state index in [1.807, 2.05) is 6.92 Å². The van der Waals surface area contributed by atoms with E-state index < -0.39 is 0 Å². The molecule has 1 N–H and O–H groups in total. The highest BCUT2D eigenvalue weighted by atomic mass is 79.9. The SMILES string of the molecule is CCOC(=O)c1c(C2CCC2)c(Br)nc2[nH]ncc12. The molecule has 0 spiro atoms. The van der Waals surface area contributed by atoms with E-state index in [-0.39, 0.29) is 5.97 Å². The standard InChI is InChI=1S/C13H14BrN3O2/c1-2-19-13(18)10-8-6-15-17-12(8)16-11(14)9(10)7-4-3-5-7/h6-7H,2-5H2,1H3,(H,15,16,17). The highest BCUT2D eigenvalue weighted by Crippen LogP contribution is 2.42. The zero-order chi connectivity index (χ0) is 13.4. The maximum absolute atomic E-state index is 12.3. The van der Waals surface area contributed by atoms with Gasteiger partial charge in [-0.1, -0.05) is 6.42 Å². The number of rotatable bonds is 3. The van der Waals surface area contributed by atoms with Crippen LogP contribution in [-0.2, 0) is 4.74 Å². The zero-order valence-electron chi connectivity index (χ0n) is 10.6. The lowest BCUT2D eigenvalue weighted by molar-refractivity contribution is 0.0526. The van der Waals surface area contributed by atoms with Crippen LogP contribution in [0.3, 0.4) is 0 Å². The molecule has 2 aromatic heterocycles. The molecule has 2 heterocycles. The summed E-state index contributed by atoms with van der Waals surface area (Å²) in [5, 5.41) is 7.51. The molecule has 0 aliphatic heterocycles. The number of ether oxygens (including phenoxy) is 1. The van der Waals surface area contributed by atoms with Gasteiger partial charge in [-0.25, -0.2) is 9.78 Å². The molecular weight excluding hydrogens is 310 g/mol. The molecule has 0 amide bonds. The summed E-state index contributed by atoms with van der Waals surface area (Å²) < 4.78 is 5.91. The van der Waals surface area contributed by atoms with Crippen LogP contribution in [0.4, 0.5) is 0 Å². The molecule has 3 rings (SSSR count). The van der Waals surface area contributed by atoms with E-state index in [0.29, 0.717) is 23.7 Å². The summed E-state index contributed by atoms with van der Waals surface area (Å²) in [5.74, 6) is 0.0967. The average Bonchev–Trinajstić information content (AvgIpc) is 2.75. The van der Waals surface area contributed by atoms with Crippen molar-refractivity contribution in [1.29, 1.82) is 0 Å². The Bertz CT molecular complexity index is 634. The van der Waals surface area contributed by atoms with E-state index in [4.69, 9.17) is 4.74 Å². The van der Waals surface area contributed by atoms with Gasteiger partial charge in [0.1, 0.15) is 4.60 Å². The Morgan fingerprint density at radius 3 is 3.00 bits per heavy atom. The number of carbonyl (C=O) groups is 1. The lowest BCUT2D eigenvalue weighted by Crippen LogP contribution is -2.17. The summed E-state index contributed by atoms with van der Waals surface area (Å²) in [5.41, 5.74) is 2.19. The fourth-order valence-electron chi connectivity index (χ4n) is 2.45. The lowest BCUT2D eigenvalue weighted by Gasteiger charge is -2.28. The Labute approximate surface area is 118 Å². The molecule has 19 heavy (non-hydrogen) atoms. The lowest BCUT2D eigenvalue weighted by atomic mass is 9.78. The number of carbonyl (C=O) groups excluding carboxylic acids is 1. The van der Waals surface area contributed by atoms with Crippen LogP contribution in [0.25, 0.3) is 11.0 Å². The van der Waals surface area contributed by atoms with Crippen LogP contribution in [0.5, 0.6) is 0 Å². The van der Waals surface area contributed by atoms with E-state index in [1.54, 1.807) is 6.20 Å². The summed E-state index contributed by atoms with van der Waals surface area (Å²) in [7, 11) is 0. The Kier molecular flexibility index (Phi) is 3.26. The number of aromatic nitrogens is 3. The van der Waals surface area contributed by atoms with Crippen molar-refractivity contribution in [3.05, 3.63) is 21.9 Å². The Hall–Kier alpha value is -1.43. The van der Waals surface area contributed by atoms with Crippen LogP contribution < -0.4 is 0 Å². The van der Waals surface area contributed by atoms with Crippen LogP contribution in [0, 0.1) is 0 Å². The van der Waals surface area contributed by atoms with Crippen molar-refractivity contribution in [2.75, 3.05) is 6.61 Å². The number of halogens is 1. The number of H-pyrrole nitrogens is 1. The smallest absolute Gasteiger partial charge is 0.339 e. The normalized spacial score (nSPS) is 15.5. The molecular formula is C13H14BrN3O2. The third-order valence-electron chi connectivity index (χ3n) is 3.58. The number of nitrogens with one attached hydrogen (secondary N) is 1. The molecule has 1 aliphatic rings. The molecule has 1 aliphatic carbocycles. The minimum Gasteiger partial charge on any atom is -0.462 e. The van der Waals surface area contributed by atoms with Crippen LogP contribution in [0.2, 0.25) is 0 Å². The van der Waals surface area contributed by atoms with Crippen LogP contribution in [0.1, 0.15) is 48.0 Å². The fourth-order valence-corrected chi connectivity index (χ4v) is 3.15. The third kappa shape index (κ3) is 2.04. The van der Waals surface area contributed by atoms with Gasteiger partial charge in [-0.05, 0) is 41.6 Å². The molecule has 0 unspecified atom stereocenters. The van der Waals surface area contributed by atoms with Crippen molar-refractivity contribution < 1.29 is 9.53 Å². The van der Waals surface area contributed by atoms with Crippen molar-refractivity contribution in [3.63, 3.8) is 0 Å². The maximum Gasteiger partial charge on any atom is 0.339 e. The Morgan fingerprint density at radius 1 is 1.58 bits per heavy atom. The van der Waals surface area contributed by atoms with Crippen molar-refractivity contribution in [1.82, 2.24) is 15.2 Å². The number of hydrogen-bond acceptors (Lipinski definition) is 4. The van der Waals surface area contributed by atoms with Gasteiger partial charge in [0.05, 0.1) is 23.8 Å². The molecule has 0 saturated heterocycles. The zero-order valence-corrected chi connectivity index (χ0v) is 12.2. The topological polar surface area (TPSA) is 67.9 Å². The largest absolute Gasteiger partial charge is 0.462 e. The van der Waals surface area contributed by atoms with Crippen LogP contribution in [0.15, 0.2) is 10.8 Å². The highest BCUT2D eigenvalue weighted by molar-refractivity contribution is 9.10. The number of hydrogen-bond donors (Lipinski definition) is 1. The molecule has 0 aromatic carbocycles. The Balaban J connectivity index is 2.22. The van der Waals surface area contributed by atoms with Crippen LogP contribution in [-0.4, -0.2) is 27.8 Å². The first-order valence-corrected chi connectivity index (χ1v) is 7.21. The first kappa shape index (κ1) is 12.6. The van der Waals surface area contributed by atoms with Gasteiger partial charge in [0.15, 0.2) is 5.65 Å². The average molecular weight is 324 g/mol. The highest BCUT2D eigenvalue weighted by Gasteiger charge is 2.30. The van der Waals surface area contributed by atoms with Gasteiger partial charge in [0, 0.05) is 5.56 Å². The first-order chi connectivity index (χ1) is 9.22. The summed E-state index contributed by atoms with van der Waals surface area (Å²) in [6.07, 6.45) is 5.03. The van der Waals surface area contributed by atoms with Gasteiger partial charge in [-0.3, -0.25) is 5.10 Å². The predicted molar refractivity (Wildman–Crippen MR) is 74.1 cm³/mol. The second-order valence-electron chi connectivity index (χ2n) is 4.67. The van der Waals surface area contributed by atoms with Crippen molar-refractivity contribution in [3.8, 4) is 0 Å². The Morgan fingerprint density at radius 2 is 2.37 bits per heavy atom. The van der Waals surface area contributed by atoms with Crippen molar-refractivity contribution in [2.24, 2.45) is 0 Å². The maximum atomic E-state index is 12.3. The number of pyridine rings is 1. The van der Waals surface area contributed by atoms with Gasteiger partial charge in [0.25, 0.3) is 0 Å². The van der Waals surface area contributed by atoms with Gasteiger partial charge in [-0.15, -0.1) is 0 Å². The second kappa shape index (κ2) is 4.92. The number of fused-ring (bicyclic) bond motifs is 1. The van der Waals surface area contributed by atoms with E-state index in [1.165, 1.54) is 6.42 Å². The number of nitrogens with zero attached hydrogens (tertiary/aromatic N) is 2. The molecule has 100 valence electrons. The number of aromatic amines is 1. The molecule has 6 heteroatoms. The summed E-state index contributed by atoms with van der Waals surface area (Å²) >= 11 is 3.48. The molecule has 0 bridgehead atoms. The fraction of sp³-hybridized carbons (Fsp3) is 0.462. The van der Waals surface area contributed by atoms with Crippen LogP contribution >= 0.6 is 15.9 Å². The van der Waals surface area contributed by atoms with E-state index in [9.17, 15) is 4.79 Å². The molecule has 1 saturated carbocycles. The van der Waals surface area contributed by atoms with Gasteiger partial charge in [-0.2, -0.15) is 5.10 Å². The molecule has 1 fully saturated rings. The van der Waals surface area contributed by atoms with E-state index >= 15 is 0 Å². The van der Waals surface area contributed by atoms with Crippen molar-refractivity contribution >= 4 is 32.9 Å². The monoisotopic (exact) mass is 323 g/mol. The molecule has 0 radical (unpaired) electrons. The van der Waals surface area contributed by atoms with Gasteiger partial charge >= 0.3 is 5.97 Å². The predicted octanol–water partition coefficient (Wildman–Crippen LogP) is 3.16. The second-order valence-corrected chi connectivity index (χ2v) is 5.42. The summed E-state index contributed by atoms with van der Waals surface area (Å²) in [6.45, 7) is 2.17. The van der Waals surface area contributed by atoms with Gasteiger partial charge < -0.3 is 4.74 Å².